The molecule has 1 heterocycles. The van der Waals surface area contributed by atoms with E-state index in [1.54, 1.807) is 19.4 Å². The summed E-state index contributed by atoms with van der Waals surface area (Å²) < 4.78 is 5.17. The summed E-state index contributed by atoms with van der Waals surface area (Å²) in [4.78, 5) is 16.7. The SMILES string of the molecule is COc1ccc(CCNc2ccc(C(=O)NC3CCCCCC3)nc2)cc1. The van der Waals surface area contributed by atoms with Gasteiger partial charge in [-0.1, -0.05) is 37.8 Å². The number of methoxy groups -OCH3 is 1. The smallest absolute Gasteiger partial charge is 0.270 e. The highest BCUT2D eigenvalue weighted by molar-refractivity contribution is 5.92. The number of nitrogens with zero attached hydrogens (tertiary/aromatic N) is 1. The zero-order valence-electron chi connectivity index (χ0n) is 16.0. The van der Waals surface area contributed by atoms with Crippen LogP contribution in [0.3, 0.4) is 0 Å². The van der Waals surface area contributed by atoms with Crippen LogP contribution in [0.2, 0.25) is 0 Å². The number of benzene rings is 1. The van der Waals surface area contributed by atoms with Crippen LogP contribution in [0.25, 0.3) is 0 Å². The lowest BCUT2D eigenvalue weighted by Gasteiger charge is -2.16. The highest BCUT2D eigenvalue weighted by Gasteiger charge is 2.16. The lowest BCUT2D eigenvalue weighted by atomic mass is 10.1. The van der Waals surface area contributed by atoms with Crippen molar-refractivity contribution in [1.29, 1.82) is 0 Å². The maximum Gasteiger partial charge on any atom is 0.270 e. The van der Waals surface area contributed by atoms with Crippen molar-refractivity contribution in [3.63, 3.8) is 0 Å². The second-order valence-electron chi connectivity index (χ2n) is 7.12. The summed E-state index contributed by atoms with van der Waals surface area (Å²) in [5.41, 5.74) is 2.66. The Morgan fingerprint density at radius 2 is 1.81 bits per heavy atom. The fourth-order valence-electron chi connectivity index (χ4n) is 3.46. The topological polar surface area (TPSA) is 63.2 Å². The van der Waals surface area contributed by atoms with Crippen molar-refractivity contribution in [3.8, 4) is 5.75 Å². The quantitative estimate of drug-likeness (QED) is 0.720. The molecular weight excluding hydrogens is 338 g/mol. The van der Waals surface area contributed by atoms with Crippen LogP contribution in [0.1, 0.15) is 54.6 Å². The predicted octanol–water partition coefficient (Wildman–Crippen LogP) is 4.20. The standard InChI is InChI=1S/C22H29N3O2/c1-27-20-11-8-17(9-12-20)14-15-23-19-10-13-21(24-16-19)22(26)25-18-6-4-2-3-5-7-18/h8-13,16,18,23H,2-7,14-15H2,1H3,(H,25,26). The van der Waals surface area contributed by atoms with Gasteiger partial charge in [-0.05, 0) is 49.1 Å². The fourth-order valence-corrected chi connectivity index (χ4v) is 3.46. The van der Waals surface area contributed by atoms with Crippen molar-refractivity contribution in [2.24, 2.45) is 0 Å². The van der Waals surface area contributed by atoms with E-state index in [2.05, 4.69) is 27.8 Å². The molecule has 5 nitrogen and oxygen atoms in total. The summed E-state index contributed by atoms with van der Waals surface area (Å²) in [5.74, 6) is 0.806. The Kier molecular flexibility index (Phi) is 7.08. The van der Waals surface area contributed by atoms with Gasteiger partial charge in [0.05, 0.1) is 19.0 Å². The molecule has 1 fully saturated rings. The van der Waals surface area contributed by atoms with E-state index in [0.717, 1.165) is 37.2 Å². The summed E-state index contributed by atoms with van der Waals surface area (Å²) in [7, 11) is 1.67. The maximum absolute atomic E-state index is 12.4. The summed E-state index contributed by atoms with van der Waals surface area (Å²) in [5, 5.41) is 6.49. The third-order valence-electron chi connectivity index (χ3n) is 5.09. The molecule has 2 N–H and O–H groups in total. The van der Waals surface area contributed by atoms with E-state index in [0.29, 0.717) is 11.7 Å². The van der Waals surface area contributed by atoms with Gasteiger partial charge in [-0.15, -0.1) is 0 Å². The van der Waals surface area contributed by atoms with Crippen molar-refractivity contribution in [2.45, 2.75) is 51.0 Å². The summed E-state index contributed by atoms with van der Waals surface area (Å²) >= 11 is 0. The van der Waals surface area contributed by atoms with Crippen LogP contribution in [0, 0.1) is 0 Å². The Morgan fingerprint density at radius 3 is 2.44 bits per heavy atom. The van der Waals surface area contributed by atoms with E-state index in [1.165, 1.54) is 31.2 Å². The Morgan fingerprint density at radius 1 is 1.07 bits per heavy atom. The molecule has 0 spiro atoms. The van der Waals surface area contributed by atoms with E-state index >= 15 is 0 Å². The number of nitrogens with one attached hydrogen (secondary N) is 2. The van der Waals surface area contributed by atoms with Crippen molar-refractivity contribution < 1.29 is 9.53 Å². The third kappa shape index (κ3) is 5.98. The average molecular weight is 367 g/mol. The molecule has 144 valence electrons. The molecule has 1 aliphatic carbocycles. The minimum Gasteiger partial charge on any atom is -0.497 e. The van der Waals surface area contributed by atoms with Gasteiger partial charge in [-0.2, -0.15) is 0 Å². The van der Waals surface area contributed by atoms with Gasteiger partial charge in [0.2, 0.25) is 0 Å². The summed E-state index contributed by atoms with van der Waals surface area (Å²) in [6.45, 7) is 0.807. The Bertz CT molecular complexity index is 705. The molecular formula is C22H29N3O2. The minimum absolute atomic E-state index is 0.0633. The molecule has 1 saturated carbocycles. The first-order chi connectivity index (χ1) is 13.2. The molecule has 1 aromatic heterocycles. The van der Waals surface area contributed by atoms with Crippen LogP contribution in [-0.4, -0.2) is 30.6 Å². The number of hydrogen-bond acceptors (Lipinski definition) is 4. The number of hydrogen-bond donors (Lipinski definition) is 2. The summed E-state index contributed by atoms with van der Waals surface area (Å²) in [6, 6.07) is 12.1. The van der Waals surface area contributed by atoms with Crippen molar-refractivity contribution in [3.05, 3.63) is 53.9 Å². The van der Waals surface area contributed by atoms with Crippen molar-refractivity contribution >= 4 is 11.6 Å². The molecule has 0 saturated heterocycles. The number of anilines is 1. The van der Waals surface area contributed by atoms with Gasteiger partial charge in [0.25, 0.3) is 5.91 Å². The Hall–Kier alpha value is -2.56. The zero-order chi connectivity index (χ0) is 18.9. The molecule has 0 atom stereocenters. The maximum atomic E-state index is 12.4. The molecule has 2 aromatic rings. The van der Waals surface area contributed by atoms with Crippen molar-refractivity contribution in [2.75, 3.05) is 19.0 Å². The van der Waals surface area contributed by atoms with Crippen LogP contribution < -0.4 is 15.4 Å². The van der Waals surface area contributed by atoms with Gasteiger partial charge in [-0.3, -0.25) is 4.79 Å². The lowest BCUT2D eigenvalue weighted by molar-refractivity contribution is 0.0928. The largest absolute Gasteiger partial charge is 0.497 e. The molecule has 3 rings (SSSR count). The van der Waals surface area contributed by atoms with E-state index < -0.39 is 0 Å². The fraction of sp³-hybridized carbons (Fsp3) is 0.455. The Balaban J connectivity index is 1.45. The van der Waals surface area contributed by atoms with Gasteiger partial charge < -0.3 is 15.4 Å². The van der Waals surface area contributed by atoms with Crippen LogP contribution in [-0.2, 0) is 6.42 Å². The van der Waals surface area contributed by atoms with Gasteiger partial charge in [-0.25, -0.2) is 4.98 Å². The molecule has 5 heteroatoms. The van der Waals surface area contributed by atoms with Crippen LogP contribution in [0.4, 0.5) is 5.69 Å². The second-order valence-corrected chi connectivity index (χ2v) is 7.12. The van der Waals surface area contributed by atoms with Crippen LogP contribution in [0.15, 0.2) is 42.6 Å². The number of amides is 1. The molecule has 0 unspecified atom stereocenters. The number of aromatic nitrogens is 1. The number of rotatable bonds is 7. The van der Waals surface area contributed by atoms with Gasteiger partial charge in [0.1, 0.15) is 11.4 Å². The average Bonchev–Trinajstić information content (AvgIpc) is 2.98. The van der Waals surface area contributed by atoms with Gasteiger partial charge >= 0.3 is 0 Å². The zero-order valence-corrected chi connectivity index (χ0v) is 16.0. The first-order valence-corrected chi connectivity index (χ1v) is 9.88. The van der Waals surface area contributed by atoms with Crippen LogP contribution in [0.5, 0.6) is 5.75 Å². The van der Waals surface area contributed by atoms with Gasteiger partial charge in [0, 0.05) is 12.6 Å². The van der Waals surface area contributed by atoms with E-state index in [9.17, 15) is 4.79 Å². The first kappa shape index (κ1) is 19.2. The molecule has 0 radical (unpaired) electrons. The monoisotopic (exact) mass is 367 g/mol. The first-order valence-electron chi connectivity index (χ1n) is 9.88. The molecule has 1 aliphatic rings. The molecule has 0 bridgehead atoms. The minimum atomic E-state index is -0.0633. The second kappa shape index (κ2) is 9.95. The van der Waals surface area contributed by atoms with Crippen LogP contribution >= 0.6 is 0 Å². The molecule has 1 aromatic carbocycles. The molecule has 1 amide bonds. The number of carbonyl (C=O) groups is 1. The van der Waals surface area contributed by atoms with E-state index in [4.69, 9.17) is 4.74 Å². The number of carbonyl (C=O) groups excluding carboxylic acids is 1. The van der Waals surface area contributed by atoms with Gasteiger partial charge in [0.15, 0.2) is 0 Å². The third-order valence-corrected chi connectivity index (χ3v) is 5.09. The predicted molar refractivity (Wildman–Crippen MR) is 108 cm³/mol. The highest BCUT2D eigenvalue weighted by Crippen LogP contribution is 2.18. The Labute approximate surface area is 161 Å². The number of ether oxygens (including phenoxy) is 1. The lowest BCUT2D eigenvalue weighted by Crippen LogP contribution is -2.34. The molecule has 27 heavy (non-hydrogen) atoms. The van der Waals surface area contributed by atoms with Crippen molar-refractivity contribution in [1.82, 2.24) is 10.3 Å². The van der Waals surface area contributed by atoms with E-state index in [-0.39, 0.29) is 5.91 Å². The summed E-state index contributed by atoms with van der Waals surface area (Å²) in [6.07, 6.45) is 9.77. The van der Waals surface area contributed by atoms with E-state index in [1.807, 2.05) is 18.2 Å². The molecule has 0 aliphatic heterocycles. The normalized spacial score (nSPS) is 15.0. The highest BCUT2D eigenvalue weighted by atomic mass is 16.5. The number of pyridine rings is 1.